The molecule has 22 heavy (non-hydrogen) atoms. The van der Waals surface area contributed by atoms with E-state index in [4.69, 9.17) is 5.26 Å². The van der Waals surface area contributed by atoms with Crippen LogP contribution in [0.1, 0.15) is 24.1 Å². The Kier molecular flexibility index (Phi) is 5.05. The molecule has 0 aliphatic rings. The topological polar surface area (TPSA) is 52.9 Å². The Hall–Kier alpha value is -2.93. The molecule has 2 rings (SSSR count). The van der Waals surface area contributed by atoms with Crippen LogP contribution in [0.25, 0.3) is 6.08 Å². The number of amides is 1. The zero-order chi connectivity index (χ0) is 15.9. The summed E-state index contributed by atoms with van der Waals surface area (Å²) in [5, 5.41) is 11.9. The second kappa shape index (κ2) is 7.19. The van der Waals surface area contributed by atoms with Gasteiger partial charge in [0.25, 0.3) is 5.91 Å². The second-order valence-electron chi connectivity index (χ2n) is 4.83. The van der Waals surface area contributed by atoms with Crippen molar-refractivity contribution in [3.63, 3.8) is 0 Å². The van der Waals surface area contributed by atoms with E-state index < -0.39 is 5.91 Å². The fraction of sp³-hybridized carbons (Fsp3) is 0.111. The number of halogens is 1. The fourth-order valence-electron chi connectivity index (χ4n) is 1.97. The van der Waals surface area contributed by atoms with Gasteiger partial charge >= 0.3 is 0 Å². The molecule has 0 saturated heterocycles. The smallest absolute Gasteiger partial charge is 0.262 e. The van der Waals surface area contributed by atoms with Crippen LogP contribution in [0.5, 0.6) is 0 Å². The highest BCUT2D eigenvalue weighted by atomic mass is 19.1. The zero-order valence-electron chi connectivity index (χ0n) is 12.1. The number of nitriles is 1. The van der Waals surface area contributed by atoms with Crippen LogP contribution in [-0.4, -0.2) is 5.91 Å². The van der Waals surface area contributed by atoms with E-state index in [-0.39, 0.29) is 17.4 Å². The molecule has 0 spiro atoms. The lowest BCUT2D eigenvalue weighted by Crippen LogP contribution is -2.27. The van der Waals surface area contributed by atoms with Crippen LogP contribution < -0.4 is 5.32 Å². The van der Waals surface area contributed by atoms with E-state index in [1.54, 1.807) is 0 Å². The molecule has 2 aromatic rings. The number of carbonyl (C=O) groups is 1. The third-order valence-electron chi connectivity index (χ3n) is 3.19. The minimum Gasteiger partial charge on any atom is -0.345 e. The van der Waals surface area contributed by atoms with Gasteiger partial charge < -0.3 is 5.32 Å². The van der Waals surface area contributed by atoms with Crippen molar-refractivity contribution in [3.8, 4) is 6.07 Å². The van der Waals surface area contributed by atoms with E-state index in [2.05, 4.69) is 5.32 Å². The Labute approximate surface area is 128 Å². The zero-order valence-corrected chi connectivity index (χ0v) is 12.1. The molecule has 0 aliphatic heterocycles. The molecule has 1 N–H and O–H groups in total. The fourth-order valence-corrected chi connectivity index (χ4v) is 1.97. The molecule has 0 heterocycles. The summed E-state index contributed by atoms with van der Waals surface area (Å²) in [6.45, 7) is 1.85. The molecule has 0 unspecified atom stereocenters. The van der Waals surface area contributed by atoms with Gasteiger partial charge in [0.15, 0.2) is 0 Å². The molecule has 0 saturated carbocycles. The first-order valence-corrected chi connectivity index (χ1v) is 6.83. The molecule has 0 radical (unpaired) electrons. The van der Waals surface area contributed by atoms with Crippen LogP contribution in [0.15, 0.2) is 60.2 Å². The third-order valence-corrected chi connectivity index (χ3v) is 3.19. The normalized spacial score (nSPS) is 12.3. The van der Waals surface area contributed by atoms with Gasteiger partial charge in [-0.3, -0.25) is 4.79 Å². The van der Waals surface area contributed by atoms with Gasteiger partial charge in [0.1, 0.15) is 17.5 Å². The van der Waals surface area contributed by atoms with E-state index in [1.807, 2.05) is 43.3 Å². The summed E-state index contributed by atoms with van der Waals surface area (Å²) >= 11 is 0. The van der Waals surface area contributed by atoms with E-state index >= 15 is 0 Å². The minimum atomic E-state index is -0.455. The molecule has 1 atom stereocenters. The Morgan fingerprint density at radius 2 is 1.82 bits per heavy atom. The van der Waals surface area contributed by atoms with Crippen molar-refractivity contribution < 1.29 is 9.18 Å². The number of hydrogen-bond acceptors (Lipinski definition) is 2. The molecule has 0 bridgehead atoms. The van der Waals surface area contributed by atoms with Crippen molar-refractivity contribution in [2.24, 2.45) is 0 Å². The number of rotatable bonds is 4. The average Bonchev–Trinajstić information content (AvgIpc) is 2.55. The lowest BCUT2D eigenvalue weighted by Gasteiger charge is -2.13. The standard InChI is InChI=1S/C18H15FN2O/c1-13(15-5-3-2-4-6-15)21-18(22)16(12-20)11-14-7-9-17(19)10-8-14/h2-11,13H,1H3,(H,21,22)/b16-11+/t13-/m0/s1. The average molecular weight is 294 g/mol. The second-order valence-corrected chi connectivity index (χ2v) is 4.83. The quantitative estimate of drug-likeness (QED) is 0.692. The van der Waals surface area contributed by atoms with E-state index in [0.717, 1.165) is 5.56 Å². The van der Waals surface area contributed by atoms with Crippen molar-refractivity contribution in [2.45, 2.75) is 13.0 Å². The van der Waals surface area contributed by atoms with Crippen molar-refractivity contribution in [3.05, 3.63) is 77.1 Å². The maximum atomic E-state index is 12.9. The summed E-state index contributed by atoms with van der Waals surface area (Å²) in [6, 6.07) is 16.7. The predicted octanol–water partition coefficient (Wildman–Crippen LogP) is 3.61. The van der Waals surface area contributed by atoms with Crippen LogP contribution in [0.2, 0.25) is 0 Å². The van der Waals surface area contributed by atoms with Gasteiger partial charge in [0, 0.05) is 0 Å². The molecule has 0 aliphatic carbocycles. The van der Waals surface area contributed by atoms with E-state index in [9.17, 15) is 9.18 Å². The molecule has 4 heteroatoms. The summed E-state index contributed by atoms with van der Waals surface area (Å²) in [7, 11) is 0. The highest BCUT2D eigenvalue weighted by molar-refractivity contribution is 6.01. The molecule has 3 nitrogen and oxygen atoms in total. The summed E-state index contributed by atoms with van der Waals surface area (Å²) < 4.78 is 12.9. The van der Waals surface area contributed by atoms with Gasteiger partial charge in [-0.15, -0.1) is 0 Å². The predicted molar refractivity (Wildman–Crippen MR) is 83.0 cm³/mol. The Balaban J connectivity index is 2.12. The van der Waals surface area contributed by atoms with Crippen LogP contribution in [0.3, 0.4) is 0 Å². The summed E-state index contributed by atoms with van der Waals surface area (Å²) in [5.74, 6) is -0.819. The highest BCUT2D eigenvalue weighted by Crippen LogP contribution is 2.13. The Morgan fingerprint density at radius 3 is 2.41 bits per heavy atom. The van der Waals surface area contributed by atoms with Gasteiger partial charge in [0.05, 0.1) is 6.04 Å². The first-order valence-electron chi connectivity index (χ1n) is 6.83. The van der Waals surface area contributed by atoms with Crippen molar-refractivity contribution in [1.29, 1.82) is 5.26 Å². The van der Waals surface area contributed by atoms with Crippen LogP contribution in [0.4, 0.5) is 4.39 Å². The number of benzene rings is 2. The Bertz CT molecular complexity index is 715. The summed E-state index contributed by atoms with van der Waals surface area (Å²) in [6.07, 6.45) is 1.44. The van der Waals surface area contributed by atoms with Crippen molar-refractivity contribution in [1.82, 2.24) is 5.32 Å². The van der Waals surface area contributed by atoms with Gasteiger partial charge in [-0.2, -0.15) is 5.26 Å². The lowest BCUT2D eigenvalue weighted by molar-refractivity contribution is -0.117. The van der Waals surface area contributed by atoms with E-state index in [0.29, 0.717) is 5.56 Å². The molecule has 110 valence electrons. The maximum Gasteiger partial charge on any atom is 0.262 e. The van der Waals surface area contributed by atoms with Crippen LogP contribution in [-0.2, 0) is 4.79 Å². The molecule has 0 fully saturated rings. The minimum absolute atomic E-state index is 0.0191. The number of hydrogen-bond donors (Lipinski definition) is 1. The molecule has 1 amide bonds. The van der Waals surface area contributed by atoms with E-state index in [1.165, 1.54) is 30.3 Å². The first kappa shape index (κ1) is 15.5. The van der Waals surface area contributed by atoms with Crippen molar-refractivity contribution >= 4 is 12.0 Å². The third kappa shape index (κ3) is 4.03. The molecule has 2 aromatic carbocycles. The first-order chi connectivity index (χ1) is 10.6. The maximum absolute atomic E-state index is 12.9. The van der Waals surface area contributed by atoms with Gasteiger partial charge in [-0.25, -0.2) is 4.39 Å². The molecule has 0 aromatic heterocycles. The van der Waals surface area contributed by atoms with Crippen molar-refractivity contribution in [2.75, 3.05) is 0 Å². The highest BCUT2D eigenvalue weighted by Gasteiger charge is 2.13. The van der Waals surface area contributed by atoms with Gasteiger partial charge in [-0.1, -0.05) is 42.5 Å². The molecular formula is C18H15FN2O. The Morgan fingerprint density at radius 1 is 1.18 bits per heavy atom. The number of nitrogens with one attached hydrogen (secondary N) is 1. The van der Waals surface area contributed by atoms with Gasteiger partial charge in [-0.05, 0) is 36.3 Å². The van der Waals surface area contributed by atoms with Crippen LogP contribution in [0, 0.1) is 17.1 Å². The largest absolute Gasteiger partial charge is 0.345 e. The summed E-state index contributed by atoms with van der Waals surface area (Å²) in [5.41, 5.74) is 1.53. The monoisotopic (exact) mass is 294 g/mol. The molecular weight excluding hydrogens is 279 g/mol. The lowest BCUT2D eigenvalue weighted by atomic mass is 10.1. The summed E-state index contributed by atoms with van der Waals surface area (Å²) in [4.78, 5) is 12.2. The number of carbonyl (C=O) groups excluding carboxylic acids is 1. The van der Waals surface area contributed by atoms with Crippen LogP contribution >= 0.6 is 0 Å². The van der Waals surface area contributed by atoms with Gasteiger partial charge in [0.2, 0.25) is 0 Å². The SMILES string of the molecule is C[C@H](NC(=O)/C(C#N)=C/c1ccc(F)cc1)c1ccccc1. The number of nitrogens with zero attached hydrogens (tertiary/aromatic N) is 1.